The molecule has 1 saturated heterocycles. The topological polar surface area (TPSA) is 67.9 Å². The summed E-state index contributed by atoms with van der Waals surface area (Å²) in [5, 5.41) is 2.91. The third kappa shape index (κ3) is 5.06. The number of rotatable bonds is 7. The fourth-order valence-corrected chi connectivity index (χ4v) is 3.60. The van der Waals surface area contributed by atoms with E-state index in [2.05, 4.69) is 5.32 Å². The molecule has 1 N–H and O–H groups in total. The number of ether oxygens (including phenoxy) is 2. The first-order valence-corrected chi connectivity index (χ1v) is 10.3. The van der Waals surface area contributed by atoms with E-state index in [1.54, 1.807) is 36.3 Å². The van der Waals surface area contributed by atoms with Gasteiger partial charge in [0, 0.05) is 31.3 Å². The van der Waals surface area contributed by atoms with Gasteiger partial charge < -0.3 is 19.7 Å². The lowest BCUT2D eigenvalue weighted by molar-refractivity contribution is -0.126. The van der Waals surface area contributed by atoms with Gasteiger partial charge in [0.1, 0.15) is 23.1 Å². The average Bonchev–Trinajstić information content (AvgIpc) is 3.21. The first-order valence-electron chi connectivity index (χ1n) is 10.3. The normalized spacial score (nSPS) is 15.5. The van der Waals surface area contributed by atoms with Crippen LogP contribution in [-0.2, 0) is 16.1 Å². The molecule has 164 valence electrons. The average molecular weight is 434 g/mol. The number of hydrogen-bond donors (Lipinski definition) is 1. The van der Waals surface area contributed by atoms with E-state index in [0.717, 1.165) is 11.3 Å². The fourth-order valence-electron chi connectivity index (χ4n) is 3.60. The van der Waals surface area contributed by atoms with Crippen LogP contribution in [-0.4, -0.2) is 25.5 Å². The molecule has 2 amide bonds. The molecule has 0 spiro atoms. The van der Waals surface area contributed by atoms with Crippen LogP contribution in [0.5, 0.6) is 17.2 Å². The summed E-state index contributed by atoms with van der Waals surface area (Å²) in [7, 11) is 1.57. The van der Waals surface area contributed by atoms with E-state index in [9.17, 15) is 14.0 Å². The Balaban J connectivity index is 1.34. The Morgan fingerprint density at radius 3 is 2.56 bits per heavy atom. The molecule has 1 atom stereocenters. The molecule has 1 aliphatic heterocycles. The molecule has 1 fully saturated rings. The zero-order valence-electron chi connectivity index (χ0n) is 17.6. The largest absolute Gasteiger partial charge is 0.497 e. The second kappa shape index (κ2) is 9.51. The van der Waals surface area contributed by atoms with E-state index >= 15 is 0 Å². The summed E-state index contributed by atoms with van der Waals surface area (Å²) >= 11 is 0. The maximum Gasteiger partial charge on any atom is 0.227 e. The van der Waals surface area contributed by atoms with Gasteiger partial charge in [-0.25, -0.2) is 4.39 Å². The standard InChI is InChI=1S/C25H23FN2O4/c1-31-22-6-3-5-20(14-22)28-16-18(13-24(28)29)25(30)27-15-17-4-2-7-23(12-17)32-21-10-8-19(26)9-11-21/h2-12,14,18H,13,15-16H2,1H3,(H,27,30). The molecule has 0 saturated carbocycles. The highest BCUT2D eigenvalue weighted by Crippen LogP contribution is 2.28. The molecule has 1 heterocycles. The predicted octanol–water partition coefficient (Wildman–Crippen LogP) is 4.30. The van der Waals surface area contributed by atoms with Crippen LogP contribution in [0.2, 0.25) is 0 Å². The van der Waals surface area contributed by atoms with Crippen LogP contribution in [0.4, 0.5) is 10.1 Å². The fraction of sp³-hybridized carbons (Fsp3) is 0.200. The predicted molar refractivity (Wildman–Crippen MR) is 118 cm³/mol. The van der Waals surface area contributed by atoms with E-state index in [4.69, 9.17) is 9.47 Å². The van der Waals surface area contributed by atoms with Gasteiger partial charge in [-0.1, -0.05) is 18.2 Å². The molecule has 1 unspecified atom stereocenters. The summed E-state index contributed by atoms with van der Waals surface area (Å²) in [5.74, 6) is 0.752. The summed E-state index contributed by atoms with van der Waals surface area (Å²) in [6, 6.07) is 20.3. The number of anilines is 1. The van der Waals surface area contributed by atoms with E-state index in [1.807, 2.05) is 36.4 Å². The van der Waals surface area contributed by atoms with Crippen molar-refractivity contribution in [3.8, 4) is 17.2 Å². The lowest BCUT2D eigenvalue weighted by Gasteiger charge is -2.17. The Labute approximate surface area is 185 Å². The third-order valence-electron chi connectivity index (χ3n) is 5.28. The number of amides is 2. The van der Waals surface area contributed by atoms with Gasteiger partial charge in [-0.15, -0.1) is 0 Å². The Hall–Kier alpha value is -3.87. The molecule has 3 aromatic carbocycles. The number of carbonyl (C=O) groups excluding carboxylic acids is 2. The van der Waals surface area contributed by atoms with Crippen LogP contribution in [0.3, 0.4) is 0 Å². The quantitative estimate of drug-likeness (QED) is 0.602. The summed E-state index contributed by atoms with van der Waals surface area (Å²) in [6.45, 7) is 0.634. The van der Waals surface area contributed by atoms with Crippen molar-refractivity contribution in [2.45, 2.75) is 13.0 Å². The molecule has 6 nitrogen and oxygen atoms in total. The number of carbonyl (C=O) groups is 2. The molecule has 0 aromatic heterocycles. The number of hydrogen-bond acceptors (Lipinski definition) is 4. The first-order chi connectivity index (χ1) is 15.5. The number of methoxy groups -OCH3 is 1. The second-order valence-electron chi connectivity index (χ2n) is 7.53. The first kappa shape index (κ1) is 21.4. The minimum absolute atomic E-state index is 0.0897. The van der Waals surface area contributed by atoms with Gasteiger partial charge in [0.2, 0.25) is 11.8 Å². The van der Waals surface area contributed by atoms with Gasteiger partial charge in [0.25, 0.3) is 0 Å². The van der Waals surface area contributed by atoms with Crippen LogP contribution >= 0.6 is 0 Å². The smallest absolute Gasteiger partial charge is 0.227 e. The third-order valence-corrected chi connectivity index (χ3v) is 5.28. The summed E-state index contributed by atoms with van der Waals surface area (Å²) in [6.07, 6.45) is 0.163. The molecule has 0 bridgehead atoms. The zero-order chi connectivity index (χ0) is 22.5. The number of benzene rings is 3. The highest BCUT2D eigenvalue weighted by molar-refractivity contribution is 6.00. The SMILES string of the molecule is COc1cccc(N2CC(C(=O)NCc3cccc(Oc4ccc(F)cc4)c3)CC2=O)c1. The van der Waals surface area contributed by atoms with E-state index < -0.39 is 5.92 Å². The molecular weight excluding hydrogens is 411 g/mol. The zero-order valence-corrected chi connectivity index (χ0v) is 17.6. The minimum Gasteiger partial charge on any atom is -0.497 e. The molecule has 0 radical (unpaired) electrons. The minimum atomic E-state index is -0.424. The summed E-state index contributed by atoms with van der Waals surface area (Å²) in [5.41, 5.74) is 1.57. The Morgan fingerprint density at radius 2 is 1.78 bits per heavy atom. The van der Waals surface area contributed by atoms with Crippen molar-refractivity contribution in [3.05, 3.63) is 84.2 Å². The molecule has 7 heteroatoms. The maximum absolute atomic E-state index is 13.0. The number of nitrogens with zero attached hydrogens (tertiary/aromatic N) is 1. The van der Waals surface area contributed by atoms with Gasteiger partial charge in [0.05, 0.1) is 13.0 Å². The van der Waals surface area contributed by atoms with Crippen molar-refractivity contribution in [1.29, 1.82) is 0 Å². The van der Waals surface area contributed by atoms with Crippen LogP contribution in [0.1, 0.15) is 12.0 Å². The number of nitrogens with one attached hydrogen (secondary N) is 1. The highest BCUT2D eigenvalue weighted by atomic mass is 19.1. The molecule has 0 aliphatic carbocycles. The number of halogens is 1. The molecule has 3 aromatic rings. The van der Waals surface area contributed by atoms with Gasteiger partial charge in [-0.2, -0.15) is 0 Å². The summed E-state index contributed by atoms with van der Waals surface area (Å²) < 4.78 is 24.0. The second-order valence-corrected chi connectivity index (χ2v) is 7.53. The lowest BCUT2D eigenvalue weighted by Crippen LogP contribution is -2.32. The Kier molecular flexibility index (Phi) is 6.35. The molecule has 4 rings (SSSR count). The molecule has 1 aliphatic rings. The van der Waals surface area contributed by atoms with Crippen molar-refractivity contribution in [2.75, 3.05) is 18.6 Å². The lowest BCUT2D eigenvalue weighted by atomic mass is 10.1. The monoisotopic (exact) mass is 434 g/mol. The highest BCUT2D eigenvalue weighted by Gasteiger charge is 2.35. The van der Waals surface area contributed by atoms with Crippen LogP contribution in [0.15, 0.2) is 72.8 Å². The van der Waals surface area contributed by atoms with Crippen molar-refractivity contribution >= 4 is 17.5 Å². The van der Waals surface area contributed by atoms with Gasteiger partial charge >= 0.3 is 0 Å². The van der Waals surface area contributed by atoms with Gasteiger partial charge in [-0.05, 0) is 54.1 Å². The van der Waals surface area contributed by atoms with Crippen molar-refractivity contribution in [3.63, 3.8) is 0 Å². The van der Waals surface area contributed by atoms with Crippen LogP contribution in [0.25, 0.3) is 0 Å². The maximum atomic E-state index is 13.0. The van der Waals surface area contributed by atoms with Crippen LogP contribution < -0.4 is 19.7 Å². The molecule has 32 heavy (non-hydrogen) atoms. The van der Waals surface area contributed by atoms with E-state index in [0.29, 0.717) is 30.3 Å². The van der Waals surface area contributed by atoms with Gasteiger partial charge in [-0.3, -0.25) is 9.59 Å². The van der Waals surface area contributed by atoms with Crippen molar-refractivity contribution < 1.29 is 23.5 Å². The van der Waals surface area contributed by atoms with E-state index in [-0.39, 0.29) is 24.1 Å². The van der Waals surface area contributed by atoms with Gasteiger partial charge in [0.15, 0.2) is 0 Å². The molecular formula is C25H23FN2O4. The Bertz CT molecular complexity index is 1120. The van der Waals surface area contributed by atoms with Crippen molar-refractivity contribution in [1.82, 2.24) is 5.32 Å². The summed E-state index contributed by atoms with van der Waals surface area (Å²) in [4.78, 5) is 26.8. The Morgan fingerprint density at radius 1 is 1.03 bits per heavy atom. The van der Waals surface area contributed by atoms with Crippen LogP contribution in [0, 0.1) is 11.7 Å². The van der Waals surface area contributed by atoms with Crippen molar-refractivity contribution in [2.24, 2.45) is 5.92 Å². The van der Waals surface area contributed by atoms with E-state index in [1.165, 1.54) is 12.1 Å².